The molecule has 0 spiro atoms. The number of benzene rings is 2. The number of sulfonamides is 1. The second-order valence-electron chi connectivity index (χ2n) is 6.48. The lowest BCUT2D eigenvalue weighted by Gasteiger charge is -2.33. The van der Waals surface area contributed by atoms with E-state index in [0.717, 1.165) is 10.8 Å². The van der Waals surface area contributed by atoms with Crippen LogP contribution in [0.25, 0.3) is 10.8 Å². The summed E-state index contributed by atoms with van der Waals surface area (Å²) in [5.41, 5.74) is 1.34. The normalized spacial score (nSPS) is 15.4. The maximum Gasteiger partial charge on any atom is 0.296 e. The van der Waals surface area contributed by atoms with Crippen molar-refractivity contribution in [1.82, 2.24) is 25.0 Å². The Morgan fingerprint density at radius 1 is 1.00 bits per heavy atom. The van der Waals surface area contributed by atoms with E-state index < -0.39 is 15.9 Å². The van der Waals surface area contributed by atoms with E-state index >= 15 is 0 Å². The van der Waals surface area contributed by atoms with Crippen LogP contribution in [0.2, 0.25) is 0 Å². The van der Waals surface area contributed by atoms with Crippen molar-refractivity contribution in [2.45, 2.75) is 4.90 Å². The third kappa shape index (κ3) is 3.75. The van der Waals surface area contributed by atoms with E-state index in [1.54, 1.807) is 17.0 Å². The Morgan fingerprint density at radius 3 is 2.38 bits per heavy atom. The highest BCUT2D eigenvalue weighted by Gasteiger charge is 2.29. The lowest BCUT2D eigenvalue weighted by Crippen LogP contribution is -2.49. The Labute approximate surface area is 166 Å². The van der Waals surface area contributed by atoms with Crippen molar-refractivity contribution in [3.63, 3.8) is 0 Å². The monoisotopic (exact) mass is 414 g/mol. The molecule has 0 unspecified atom stereocenters. The van der Waals surface area contributed by atoms with Crippen molar-refractivity contribution in [3.05, 3.63) is 54.4 Å². The Bertz CT molecular complexity index is 1140. The Balaban J connectivity index is 1.47. The number of hydroxylamine groups is 1. The van der Waals surface area contributed by atoms with Crippen LogP contribution in [0.4, 0.5) is 5.95 Å². The van der Waals surface area contributed by atoms with Crippen LogP contribution in [-0.4, -0.2) is 65.2 Å². The summed E-state index contributed by atoms with van der Waals surface area (Å²) < 4.78 is 27.5. The van der Waals surface area contributed by atoms with Crippen LogP contribution < -0.4 is 10.4 Å². The molecule has 2 N–H and O–H groups in total. The SMILES string of the molecule is O=C(NO)c1cnc(N2CCN(S(=O)(=O)c3ccc4ccccc4c3)CC2)nn1. The Morgan fingerprint density at radius 2 is 1.72 bits per heavy atom. The highest BCUT2D eigenvalue weighted by Crippen LogP contribution is 2.23. The number of nitrogens with one attached hydrogen (secondary N) is 1. The zero-order valence-electron chi connectivity index (χ0n) is 15.3. The molecule has 1 aliphatic rings. The average molecular weight is 414 g/mol. The van der Waals surface area contributed by atoms with Crippen LogP contribution in [-0.2, 0) is 10.0 Å². The van der Waals surface area contributed by atoms with Gasteiger partial charge in [-0.25, -0.2) is 18.9 Å². The summed E-state index contributed by atoms with van der Waals surface area (Å²) >= 11 is 0. The molecule has 0 radical (unpaired) electrons. The molecular weight excluding hydrogens is 396 g/mol. The molecule has 0 atom stereocenters. The van der Waals surface area contributed by atoms with Gasteiger partial charge in [-0.1, -0.05) is 30.3 Å². The number of aromatic nitrogens is 3. The van der Waals surface area contributed by atoms with E-state index in [1.807, 2.05) is 30.3 Å². The maximum absolute atomic E-state index is 13.0. The molecule has 150 valence electrons. The second-order valence-corrected chi connectivity index (χ2v) is 8.42. The van der Waals surface area contributed by atoms with Gasteiger partial charge in [0.05, 0.1) is 11.1 Å². The molecule has 0 aliphatic carbocycles. The van der Waals surface area contributed by atoms with Gasteiger partial charge < -0.3 is 4.90 Å². The number of rotatable bonds is 4. The first-order chi connectivity index (χ1) is 14.0. The molecule has 2 heterocycles. The van der Waals surface area contributed by atoms with E-state index in [4.69, 9.17) is 5.21 Å². The van der Waals surface area contributed by atoms with Gasteiger partial charge in [0.25, 0.3) is 5.91 Å². The van der Waals surface area contributed by atoms with E-state index in [-0.39, 0.29) is 23.7 Å². The molecule has 0 saturated carbocycles. The molecule has 1 fully saturated rings. The molecule has 2 aromatic carbocycles. The molecule has 0 bridgehead atoms. The molecule has 1 aromatic heterocycles. The highest BCUT2D eigenvalue weighted by atomic mass is 32.2. The first-order valence-corrected chi connectivity index (χ1v) is 10.3. The molecule has 11 heteroatoms. The molecule has 1 saturated heterocycles. The Hall–Kier alpha value is -3.15. The van der Waals surface area contributed by atoms with Crippen LogP contribution >= 0.6 is 0 Å². The number of piperazine rings is 1. The molecule has 1 amide bonds. The molecule has 4 rings (SSSR count). The quantitative estimate of drug-likeness (QED) is 0.470. The van der Waals surface area contributed by atoms with Gasteiger partial charge in [-0.3, -0.25) is 10.0 Å². The zero-order chi connectivity index (χ0) is 20.4. The summed E-state index contributed by atoms with van der Waals surface area (Å²) in [5, 5.41) is 18.0. The van der Waals surface area contributed by atoms with E-state index in [1.165, 1.54) is 16.0 Å². The van der Waals surface area contributed by atoms with Gasteiger partial charge in [0, 0.05) is 26.2 Å². The topological polar surface area (TPSA) is 129 Å². The van der Waals surface area contributed by atoms with Crippen molar-refractivity contribution in [2.24, 2.45) is 0 Å². The van der Waals surface area contributed by atoms with Crippen LogP contribution in [0.3, 0.4) is 0 Å². The standard InChI is InChI=1S/C18H18N6O4S/c25-17(22-26)16-12-19-18(21-20-16)23-7-9-24(10-8-23)29(27,28)15-6-5-13-3-1-2-4-14(13)11-15/h1-6,11-12,26H,7-10H2,(H,22,25). The van der Waals surface area contributed by atoms with Crippen molar-refractivity contribution in [3.8, 4) is 0 Å². The molecule has 29 heavy (non-hydrogen) atoms. The van der Waals surface area contributed by atoms with Crippen molar-refractivity contribution < 1.29 is 18.4 Å². The van der Waals surface area contributed by atoms with Gasteiger partial charge >= 0.3 is 0 Å². The number of anilines is 1. The minimum absolute atomic E-state index is 0.117. The van der Waals surface area contributed by atoms with Crippen LogP contribution in [0.5, 0.6) is 0 Å². The number of amides is 1. The van der Waals surface area contributed by atoms with Gasteiger partial charge in [-0.2, -0.15) is 4.31 Å². The minimum atomic E-state index is -3.61. The van der Waals surface area contributed by atoms with Crippen molar-refractivity contribution in [1.29, 1.82) is 0 Å². The van der Waals surface area contributed by atoms with Crippen molar-refractivity contribution in [2.75, 3.05) is 31.1 Å². The lowest BCUT2D eigenvalue weighted by atomic mass is 10.1. The van der Waals surface area contributed by atoms with Crippen LogP contribution in [0.15, 0.2) is 53.6 Å². The predicted molar refractivity (Wildman–Crippen MR) is 104 cm³/mol. The van der Waals surface area contributed by atoms with Crippen LogP contribution in [0.1, 0.15) is 10.5 Å². The third-order valence-electron chi connectivity index (χ3n) is 4.76. The summed E-state index contributed by atoms with van der Waals surface area (Å²) in [6.07, 6.45) is 1.20. The number of fused-ring (bicyclic) bond motifs is 1. The predicted octanol–water partition coefficient (Wildman–Crippen LogP) is 0.655. The number of hydrogen-bond acceptors (Lipinski definition) is 8. The van der Waals surface area contributed by atoms with Gasteiger partial charge in [-0.05, 0) is 22.9 Å². The smallest absolute Gasteiger partial charge is 0.296 e. The van der Waals surface area contributed by atoms with E-state index in [9.17, 15) is 13.2 Å². The molecular formula is C18H18N6O4S. The summed E-state index contributed by atoms with van der Waals surface area (Å²) in [4.78, 5) is 17.4. The summed E-state index contributed by atoms with van der Waals surface area (Å²) in [5.74, 6) is -0.509. The lowest BCUT2D eigenvalue weighted by molar-refractivity contribution is 0.0699. The minimum Gasteiger partial charge on any atom is -0.337 e. The van der Waals surface area contributed by atoms with Gasteiger partial charge in [0.2, 0.25) is 16.0 Å². The van der Waals surface area contributed by atoms with Gasteiger partial charge in [0.15, 0.2) is 5.69 Å². The highest BCUT2D eigenvalue weighted by molar-refractivity contribution is 7.89. The summed E-state index contributed by atoms with van der Waals surface area (Å²) in [6.45, 7) is 1.33. The maximum atomic E-state index is 13.0. The van der Waals surface area contributed by atoms with Crippen LogP contribution in [0, 0.1) is 0 Å². The van der Waals surface area contributed by atoms with Gasteiger partial charge in [-0.15, -0.1) is 10.2 Å². The number of carbonyl (C=O) groups is 1. The first-order valence-electron chi connectivity index (χ1n) is 8.87. The molecule has 10 nitrogen and oxygen atoms in total. The largest absolute Gasteiger partial charge is 0.337 e. The first kappa shape index (κ1) is 19.2. The summed E-state index contributed by atoms with van der Waals surface area (Å²) in [6, 6.07) is 12.7. The zero-order valence-corrected chi connectivity index (χ0v) is 16.1. The summed E-state index contributed by atoms with van der Waals surface area (Å²) in [7, 11) is -3.61. The number of hydrogen-bond donors (Lipinski definition) is 2. The van der Waals surface area contributed by atoms with E-state index in [2.05, 4.69) is 15.2 Å². The average Bonchev–Trinajstić information content (AvgIpc) is 2.78. The Kier molecular flexibility index (Phi) is 5.09. The number of nitrogens with zero attached hydrogens (tertiary/aromatic N) is 5. The molecule has 1 aliphatic heterocycles. The number of carbonyl (C=O) groups excluding carboxylic acids is 1. The fourth-order valence-corrected chi connectivity index (χ4v) is 4.64. The van der Waals surface area contributed by atoms with Crippen molar-refractivity contribution >= 4 is 32.7 Å². The van der Waals surface area contributed by atoms with Gasteiger partial charge in [0.1, 0.15) is 0 Å². The fourth-order valence-electron chi connectivity index (χ4n) is 3.18. The second kappa shape index (κ2) is 7.70. The van der Waals surface area contributed by atoms with E-state index in [0.29, 0.717) is 19.0 Å². The third-order valence-corrected chi connectivity index (χ3v) is 6.66. The fraction of sp³-hybridized carbons (Fsp3) is 0.222. The molecule has 3 aromatic rings.